The Morgan fingerprint density at radius 1 is 1.20 bits per heavy atom. The standard InChI is InChI=1S/C15H24N4O/c1-14(2)5-10(6-15(3,4)9-14)19-13(20)11-7-18-12(16)8-17-11/h7-8,10H,5-6,9H2,1-4H3,(H2,16,18)(H,19,20). The van der Waals surface area contributed by atoms with E-state index in [1.807, 2.05) is 0 Å². The van der Waals surface area contributed by atoms with E-state index in [1.54, 1.807) is 0 Å². The first kappa shape index (κ1) is 14.8. The lowest BCUT2D eigenvalue weighted by atomic mass is 9.63. The molecule has 1 fully saturated rings. The molecule has 3 N–H and O–H groups in total. The second-order valence-corrected chi connectivity index (χ2v) is 7.41. The predicted octanol–water partition coefficient (Wildman–Crippen LogP) is 2.39. The van der Waals surface area contributed by atoms with E-state index in [9.17, 15) is 4.79 Å². The lowest BCUT2D eigenvalue weighted by Crippen LogP contribution is -2.46. The molecular formula is C15H24N4O. The first-order chi connectivity index (χ1) is 9.17. The van der Waals surface area contributed by atoms with Crippen LogP contribution < -0.4 is 11.1 Å². The average Bonchev–Trinajstić information content (AvgIpc) is 2.25. The van der Waals surface area contributed by atoms with Crippen molar-refractivity contribution < 1.29 is 4.79 Å². The maximum atomic E-state index is 12.2. The highest BCUT2D eigenvalue weighted by Gasteiger charge is 2.39. The van der Waals surface area contributed by atoms with E-state index in [4.69, 9.17) is 5.73 Å². The fraction of sp³-hybridized carbons (Fsp3) is 0.667. The van der Waals surface area contributed by atoms with Gasteiger partial charge < -0.3 is 11.1 Å². The van der Waals surface area contributed by atoms with Crippen LogP contribution in [0.1, 0.15) is 57.4 Å². The summed E-state index contributed by atoms with van der Waals surface area (Å²) < 4.78 is 0. The molecule has 1 amide bonds. The third kappa shape index (κ3) is 3.68. The average molecular weight is 276 g/mol. The molecule has 0 aliphatic heterocycles. The van der Waals surface area contributed by atoms with Crippen molar-refractivity contribution in [2.45, 2.75) is 53.0 Å². The molecule has 0 aromatic carbocycles. The summed E-state index contributed by atoms with van der Waals surface area (Å²) in [7, 11) is 0. The number of carbonyl (C=O) groups is 1. The van der Waals surface area contributed by atoms with Crippen molar-refractivity contribution in [3.63, 3.8) is 0 Å². The van der Waals surface area contributed by atoms with E-state index in [2.05, 4.69) is 43.0 Å². The summed E-state index contributed by atoms with van der Waals surface area (Å²) in [6.07, 6.45) is 5.98. The number of carbonyl (C=O) groups excluding carboxylic acids is 1. The van der Waals surface area contributed by atoms with Gasteiger partial charge in [0.1, 0.15) is 11.5 Å². The molecule has 5 heteroatoms. The number of nitrogen functional groups attached to an aromatic ring is 1. The number of nitrogens with one attached hydrogen (secondary N) is 1. The number of nitrogens with two attached hydrogens (primary N) is 1. The summed E-state index contributed by atoms with van der Waals surface area (Å²) in [5, 5.41) is 3.08. The number of nitrogens with zero attached hydrogens (tertiary/aromatic N) is 2. The minimum Gasteiger partial charge on any atom is -0.382 e. The second kappa shape index (κ2) is 5.04. The SMILES string of the molecule is CC1(C)CC(NC(=O)c2cnc(N)cn2)CC(C)(C)C1. The van der Waals surface area contributed by atoms with Crippen LogP contribution in [0, 0.1) is 10.8 Å². The Morgan fingerprint density at radius 2 is 1.80 bits per heavy atom. The summed E-state index contributed by atoms with van der Waals surface area (Å²) >= 11 is 0. The number of amides is 1. The predicted molar refractivity (Wildman–Crippen MR) is 79.1 cm³/mol. The van der Waals surface area contributed by atoms with Crippen molar-refractivity contribution in [3.8, 4) is 0 Å². The largest absolute Gasteiger partial charge is 0.382 e. The molecular weight excluding hydrogens is 252 g/mol. The molecule has 1 aliphatic rings. The lowest BCUT2D eigenvalue weighted by Gasteiger charge is -2.45. The quantitative estimate of drug-likeness (QED) is 0.869. The van der Waals surface area contributed by atoms with Gasteiger partial charge in [-0.25, -0.2) is 9.97 Å². The lowest BCUT2D eigenvalue weighted by molar-refractivity contribution is 0.0710. The molecule has 2 rings (SSSR count). The van der Waals surface area contributed by atoms with Gasteiger partial charge in [-0.1, -0.05) is 27.7 Å². The molecule has 1 aromatic heterocycles. The van der Waals surface area contributed by atoms with Gasteiger partial charge in [-0.3, -0.25) is 4.79 Å². The van der Waals surface area contributed by atoms with Crippen LogP contribution in [0.3, 0.4) is 0 Å². The van der Waals surface area contributed by atoms with Crippen LogP contribution in [-0.2, 0) is 0 Å². The van der Waals surface area contributed by atoms with Crippen molar-refractivity contribution in [2.75, 3.05) is 5.73 Å². The zero-order chi connectivity index (χ0) is 15.0. The van der Waals surface area contributed by atoms with Gasteiger partial charge >= 0.3 is 0 Å². The molecule has 0 bridgehead atoms. The molecule has 0 saturated heterocycles. The molecule has 1 heterocycles. The third-order valence-electron chi connectivity index (χ3n) is 3.79. The van der Waals surface area contributed by atoms with Crippen molar-refractivity contribution >= 4 is 11.7 Å². The molecule has 1 aromatic rings. The Bertz CT molecular complexity index is 477. The number of anilines is 1. The maximum Gasteiger partial charge on any atom is 0.271 e. The highest BCUT2D eigenvalue weighted by molar-refractivity contribution is 5.92. The molecule has 1 saturated carbocycles. The minimum absolute atomic E-state index is 0.170. The summed E-state index contributed by atoms with van der Waals surface area (Å²) in [5.74, 6) is 0.150. The Hall–Kier alpha value is -1.65. The normalized spacial score (nSPS) is 21.4. The number of aromatic nitrogens is 2. The van der Waals surface area contributed by atoms with Crippen LogP contribution in [0.5, 0.6) is 0 Å². The molecule has 0 radical (unpaired) electrons. The van der Waals surface area contributed by atoms with Crippen molar-refractivity contribution in [2.24, 2.45) is 10.8 Å². The fourth-order valence-electron chi connectivity index (χ4n) is 3.66. The van der Waals surface area contributed by atoms with E-state index in [-0.39, 0.29) is 22.8 Å². The zero-order valence-electron chi connectivity index (χ0n) is 12.7. The highest BCUT2D eigenvalue weighted by Crippen LogP contribution is 2.45. The molecule has 110 valence electrons. The Morgan fingerprint density at radius 3 is 2.30 bits per heavy atom. The van der Waals surface area contributed by atoms with E-state index < -0.39 is 0 Å². The van der Waals surface area contributed by atoms with Crippen molar-refractivity contribution in [3.05, 3.63) is 18.1 Å². The molecule has 0 spiro atoms. The number of hydrogen-bond acceptors (Lipinski definition) is 4. The first-order valence-corrected chi connectivity index (χ1v) is 7.05. The molecule has 20 heavy (non-hydrogen) atoms. The number of rotatable bonds is 2. The van der Waals surface area contributed by atoms with E-state index in [0.717, 1.165) is 12.8 Å². The fourth-order valence-corrected chi connectivity index (χ4v) is 3.66. The van der Waals surface area contributed by atoms with E-state index in [1.165, 1.54) is 18.8 Å². The zero-order valence-corrected chi connectivity index (χ0v) is 12.7. The van der Waals surface area contributed by atoms with Crippen LogP contribution in [0.2, 0.25) is 0 Å². The van der Waals surface area contributed by atoms with Crippen LogP contribution in [0.4, 0.5) is 5.82 Å². The second-order valence-electron chi connectivity index (χ2n) is 7.41. The first-order valence-electron chi connectivity index (χ1n) is 7.05. The van der Waals surface area contributed by atoms with Crippen LogP contribution in [0.15, 0.2) is 12.4 Å². The van der Waals surface area contributed by atoms with Gasteiger partial charge in [-0.2, -0.15) is 0 Å². The minimum atomic E-state index is -0.170. The molecule has 0 atom stereocenters. The van der Waals surface area contributed by atoms with Gasteiger partial charge in [0.15, 0.2) is 0 Å². The Labute approximate surface area is 120 Å². The van der Waals surface area contributed by atoms with Crippen LogP contribution in [-0.4, -0.2) is 21.9 Å². The van der Waals surface area contributed by atoms with Gasteiger partial charge in [0.2, 0.25) is 0 Å². The van der Waals surface area contributed by atoms with E-state index in [0.29, 0.717) is 11.5 Å². The highest BCUT2D eigenvalue weighted by atomic mass is 16.1. The van der Waals surface area contributed by atoms with Gasteiger partial charge in [0, 0.05) is 6.04 Å². The molecule has 0 unspecified atom stereocenters. The maximum absolute atomic E-state index is 12.2. The van der Waals surface area contributed by atoms with Crippen molar-refractivity contribution in [1.82, 2.24) is 15.3 Å². The molecule has 1 aliphatic carbocycles. The van der Waals surface area contributed by atoms with Crippen LogP contribution in [0.25, 0.3) is 0 Å². The van der Waals surface area contributed by atoms with Crippen LogP contribution >= 0.6 is 0 Å². The van der Waals surface area contributed by atoms with Gasteiger partial charge in [0.05, 0.1) is 12.4 Å². The van der Waals surface area contributed by atoms with Gasteiger partial charge in [-0.05, 0) is 30.1 Å². The number of hydrogen-bond donors (Lipinski definition) is 2. The molecule has 5 nitrogen and oxygen atoms in total. The van der Waals surface area contributed by atoms with Crippen molar-refractivity contribution in [1.29, 1.82) is 0 Å². The summed E-state index contributed by atoms with van der Waals surface area (Å²) in [6, 6.07) is 0.181. The Balaban J connectivity index is 2.05. The van der Waals surface area contributed by atoms with Gasteiger partial charge in [0.25, 0.3) is 5.91 Å². The summed E-state index contributed by atoms with van der Waals surface area (Å²) in [6.45, 7) is 9.04. The summed E-state index contributed by atoms with van der Waals surface area (Å²) in [5.41, 5.74) is 6.28. The third-order valence-corrected chi connectivity index (χ3v) is 3.79. The van der Waals surface area contributed by atoms with Gasteiger partial charge in [-0.15, -0.1) is 0 Å². The topological polar surface area (TPSA) is 80.9 Å². The smallest absolute Gasteiger partial charge is 0.271 e. The monoisotopic (exact) mass is 276 g/mol. The Kier molecular flexibility index (Phi) is 3.71. The summed E-state index contributed by atoms with van der Waals surface area (Å²) in [4.78, 5) is 20.1. The van der Waals surface area contributed by atoms with E-state index >= 15 is 0 Å².